The number of ether oxygens (including phenoxy) is 1. The summed E-state index contributed by atoms with van der Waals surface area (Å²) in [7, 11) is 0. The third-order valence-corrected chi connectivity index (χ3v) is 2.15. The zero-order chi connectivity index (χ0) is 16.3. The van der Waals surface area contributed by atoms with Crippen molar-refractivity contribution >= 4 is 12.0 Å². The Labute approximate surface area is 123 Å². The Morgan fingerprint density at radius 1 is 1.24 bits per heavy atom. The molecule has 6 heteroatoms. The molecule has 118 valence electrons. The van der Waals surface area contributed by atoms with Crippen LogP contribution in [0, 0.1) is 0 Å². The molecule has 21 heavy (non-hydrogen) atoms. The number of hydrogen-bond acceptors (Lipinski definition) is 5. The molecule has 1 aromatic carbocycles. The Hall–Kier alpha value is -1.89. The van der Waals surface area contributed by atoms with Gasteiger partial charge < -0.3 is 25.2 Å². The summed E-state index contributed by atoms with van der Waals surface area (Å²) in [6.07, 6.45) is 1.82. The Bertz CT molecular complexity index is 422. The molecule has 0 aliphatic rings. The molecule has 0 bridgehead atoms. The molecule has 0 aliphatic heterocycles. The van der Waals surface area contributed by atoms with E-state index >= 15 is 0 Å². The summed E-state index contributed by atoms with van der Waals surface area (Å²) in [5.74, 6) is -0.447. The number of hydrogen-bond donors (Lipinski definition) is 4. The van der Waals surface area contributed by atoms with Crippen LogP contribution in [0.5, 0.6) is 5.75 Å². The lowest BCUT2D eigenvalue weighted by molar-refractivity contribution is -0.131. The lowest BCUT2D eigenvalue weighted by atomic mass is 10.2. The number of carboxylic acids is 1. The molecule has 0 aliphatic carbocycles. The van der Waals surface area contributed by atoms with E-state index in [-0.39, 0.29) is 12.7 Å². The van der Waals surface area contributed by atoms with E-state index in [0.717, 1.165) is 11.6 Å². The van der Waals surface area contributed by atoms with Crippen LogP contribution in [-0.2, 0) is 4.79 Å². The van der Waals surface area contributed by atoms with Crippen molar-refractivity contribution in [3.63, 3.8) is 0 Å². The highest BCUT2D eigenvalue weighted by molar-refractivity contribution is 5.85. The zero-order valence-corrected chi connectivity index (χ0v) is 12.1. The number of aliphatic hydroxyl groups is 3. The highest BCUT2D eigenvalue weighted by Crippen LogP contribution is 2.14. The van der Waals surface area contributed by atoms with Gasteiger partial charge in [0.15, 0.2) is 6.29 Å². The van der Waals surface area contributed by atoms with Gasteiger partial charge in [-0.2, -0.15) is 0 Å². The quantitative estimate of drug-likeness (QED) is 0.465. The Morgan fingerprint density at radius 2 is 1.81 bits per heavy atom. The molecule has 0 aromatic heterocycles. The Kier molecular flexibility index (Phi) is 9.87. The van der Waals surface area contributed by atoms with E-state index in [1.54, 1.807) is 31.2 Å². The maximum atomic E-state index is 10.2. The normalized spacial score (nSPS) is 13.2. The average Bonchev–Trinajstić information content (AvgIpc) is 2.37. The largest absolute Gasteiger partial charge is 0.478 e. The summed E-state index contributed by atoms with van der Waals surface area (Å²) in [6, 6.07) is 6.73. The van der Waals surface area contributed by atoms with Gasteiger partial charge in [0.2, 0.25) is 0 Å². The van der Waals surface area contributed by atoms with Crippen molar-refractivity contribution in [3.05, 3.63) is 35.9 Å². The maximum Gasteiger partial charge on any atom is 0.328 e. The molecule has 0 saturated heterocycles. The molecule has 1 aromatic rings. The maximum absolute atomic E-state index is 10.2. The topological polar surface area (TPSA) is 107 Å². The van der Waals surface area contributed by atoms with Crippen LogP contribution in [0.15, 0.2) is 30.3 Å². The summed E-state index contributed by atoms with van der Waals surface area (Å²) in [5.41, 5.74) is 0.760. The third kappa shape index (κ3) is 11.6. The Balaban J connectivity index is 0.000000567. The lowest BCUT2D eigenvalue weighted by Gasteiger charge is -2.07. The molecule has 0 fully saturated rings. The van der Waals surface area contributed by atoms with Gasteiger partial charge in [0, 0.05) is 12.7 Å². The summed E-state index contributed by atoms with van der Waals surface area (Å²) in [5, 5.41) is 33.8. The molecule has 4 N–H and O–H groups in total. The van der Waals surface area contributed by atoms with Gasteiger partial charge in [-0.3, -0.25) is 0 Å². The molecule has 0 amide bonds. The van der Waals surface area contributed by atoms with Crippen LogP contribution in [0.2, 0.25) is 0 Å². The fraction of sp³-hybridized carbons (Fsp3) is 0.400. The van der Waals surface area contributed by atoms with Crippen LogP contribution in [0.3, 0.4) is 0 Å². The number of rotatable bonds is 6. The summed E-state index contributed by atoms with van der Waals surface area (Å²) < 4.78 is 5.01. The molecule has 0 heterocycles. The first-order valence-corrected chi connectivity index (χ1v) is 6.50. The second-order valence-electron chi connectivity index (χ2n) is 4.32. The molecule has 6 nitrogen and oxygen atoms in total. The minimum Gasteiger partial charge on any atom is -0.478 e. The van der Waals surface area contributed by atoms with Crippen LogP contribution >= 0.6 is 0 Å². The number of aliphatic hydroxyl groups excluding tert-OH is 3. The standard InChI is InChI=1S/C11H12O4.C4H10O2/c1-8(12)15-10-5-2-9(3-6-10)4-7-11(13)14;1-4(6)2-3-5/h2-8,12H,1H3,(H,13,14);4-6H,2-3H2,1H3/b7-4+;/t8-;4-/m00/s1. The molecular weight excluding hydrogens is 276 g/mol. The summed E-state index contributed by atoms with van der Waals surface area (Å²) in [6.45, 7) is 3.24. The highest BCUT2D eigenvalue weighted by atomic mass is 16.6. The van der Waals surface area contributed by atoms with Crippen LogP contribution in [0.25, 0.3) is 6.08 Å². The Morgan fingerprint density at radius 3 is 2.14 bits per heavy atom. The first-order chi connectivity index (χ1) is 9.85. The molecule has 0 saturated carbocycles. The van der Waals surface area contributed by atoms with Crippen molar-refractivity contribution < 1.29 is 30.0 Å². The van der Waals surface area contributed by atoms with Crippen molar-refractivity contribution in [3.8, 4) is 5.75 Å². The lowest BCUT2D eigenvalue weighted by Crippen LogP contribution is -2.09. The fourth-order valence-electron chi connectivity index (χ4n) is 1.21. The summed E-state index contributed by atoms with van der Waals surface area (Å²) >= 11 is 0. The number of aliphatic carboxylic acids is 1. The van der Waals surface area contributed by atoms with E-state index in [9.17, 15) is 4.79 Å². The predicted octanol–water partition coefficient (Wildman–Crippen LogP) is 1.25. The van der Waals surface area contributed by atoms with Gasteiger partial charge in [0.25, 0.3) is 0 Å². The zero-order valence-electron chi connectivity index (χ0n) is 12.1. The van der Waals surface area contributed by atoms with E-state index in [1.807, 2.05) is 0 Å². The van der Waals surface area contributed by atoms with Crippen LogP contribution in [0.4, 0.5) is 0 Å². The van der Waals surface area contributed by atoms with E-state index in [0.29, 0.717) is 12.2 Å². The minimum absolute atomic E-state index is 0.0810. The van der Waals surface area contributed by atoms with Gasteiger partial charge in [0.1, 0.15) is 5.75 Å². The second kappa shape index (κ2) is 10.8. The minimum atomic E-state index is -0.987. The van der Waals surface area contributed by atoms with Gasteiger partial charge in [-0.1, -0.05) is 12.1 Å². The third-order valence-electron chi connectivity index (χ3n) is 2.15. The summed E-state index contributed by atoms with van der Waals surface area (Å²) in [4.78, 5) is 10.2. The van der Waals surface area contributed by atoms with Crippen LogP contribution in [-0.4, -0.2) is 45.4 Å². The van der Waals surface area contributed by atoms with E-state index < -0.39 is 12.3 Å². The molecule has 0 radical (unpaired) electrons. The molecule has 0 unspecified atom stereocenters. The average molecular weight is 298 g/mol. The van der Waals surface area contributed by atoms with Gasteiger partial charge >= 0.3 is 5.97 Å². The highest BCUT2D eigenvalue weighted by Gasteiger charge is 1.97. The first kappa shape index (κ1) is 19.1. The first-order valence-electron chi connectivity index (χ1n) is 6.50. The molecular formula is C15H22O6. The number of benzene rings is 1. The van der Waals surface area contributed by atoms with Gasteiger partial charge in [0.05, 0.1) is 6.10 Å². The van der Waals surface area contributed by atoms with Crippen LogP contribution in [0.1, 0.15) is 25.8 Å². The van der Waals surface area contributed by atoms with Gasteiger partial charge in [-0.25, -0.2) is 4.79 Å². The van der Waals surface area contributed by atoms with E-state index in [1.165, 1.54) is 13.0 Å². The van der Waals surface area contributed by atoms with Gasteiger partial charge in [-0.05, 0) is 44.0 Å². The van der Waals surface area contributed by atoms with Crippen molar-refractivity contribution in [1.82, 2.24) is 0 Å². The monoisotopic (exact) mass is 298 g/mol. The molecule has 0 spiro atoms. The van der Waals surface area contributed by atoms with Crippen molar-refractivity contribution in [2.45, 2.75) is 32.7 Å². The van der Waals surface area contributed by atoms with Gasteiger partial charge in [-0.15, -0.1) is 0 Å². The number of carboxylic acid groups (broad SMARTS) is 1. The van der Waals surface area contributed by atoms with Crippen molar-refractivity contribution in [1.29, 1.82) is 0 Å². The van der Waals surface area contributed by atoms with E-state index in [2.05, 4.69) is 0 Å². The van der Waals surface area contributed by atoms with E-state index in [4.69, 9.17) is 25.2 Å². The second-order valence-corrected chi connectivity index (χ2v) is 4.32. The number of carbonyl (C=O) groups is 1. The predicted molar refractivity (Wildman–Crippen MR) is 78.8 cm³/mol. The molecule has 2 atom stereocenters. The molecule has 1 rings (SSSR count). The SMILES string of the molecule is C[C@@H](O)Oc1ccc(/C=C/C(=O)O)cc1.C[C@H](O)CCO. The van der Waals surface area contributed by atoms with Crippen molar-refractivity contribution in [2.75, 3.05) is 6.61 Å². The smallest absolute Gasteiger partial charge is 0.328 e. The van der Waals surface area contributed by atoms with Crippen molar-refractivity contribution in [2.24, 2.45) is 0 Å². The van der Waals surface area contributed by atoms with Crippen LogP contribution < -0.4 is 4.74 Å². The fourth-order valence-corrected chi connectivity index (χ4v) is 1.21.